The summed E-state index contributed by atoms with van der Waals surface area (Å²) in [6, 6.07) is 19.1. The van der Waals surface area contributed by atoms with Crippen LogP contribution in [0.2, 0.25) is 5.15 Å². The molecule has 8 heteroatoms. The zero-order valence-electron chi connectivity index (χ0n) is 18.2. The number of nitrogens with zero attached hydrogens (tertiary/aromatic N) is 4. The Morgan fingerprint density at radius 3 is 2.79 bits per heavy atom. The predicted octanol–water partition coefficient (Wildman–Crippen LogP) is 4.82. The molecule has 1 amide bonds. The topological polar surface area (TPSA) is 74.0 Å². The van der Waals surface area contributed by atoms with Crippen LogP contribution in [0.3, 0.4) is 0 Å². The molecular weight excluding hydrogens is 438 g/mol. The van der Waals surface area contributed by atoms with E-state index in [1.165, 1.54) is 6.08 Å². The average Bonchev–Trinajstić information content (AvgIpc) is 3.42. The molecule has 1 N–H and O–H groups in total. The second kappa shape index (κ2) is 10.7. The standard InChI is InChI=1S/C25H24ClN5O2/c1-19-23(25(26)31(29-19)18-20-7-3-2-4-8-20)11-12-24(32)28-21-9-5-10-22(17-21)33-16-15-30-14-6-13-27-30/h2-14,17H,15-16,18H2,1H3,(H,28,32). The highest BCUT2D eigenvalue weighted by molar-refractivity contribution is 6.31. The Morgan fingerprint density at radius 1 is 1.15 bits per heavy atom. The van der Waals surface area contributed by atoms with Crippen LogP contribution in [0.5, 0.6) is 5.75 Å². The number of aromatic nitrogens is 4. The number of amides is 1. The Labute approximate surface area is 197 Å². The van der Waals surface area contributed by atoms with Crippen LogP contribution in [-0.2, 0) is 17.9 Å². The summed E-state index contributed by atoms with van der Waals surface area (Å²) in [7, 11) is 0. The Hall–Kier alpha value is -3.84. The van der Waals surface area contributed by atoms with Crippen molar-refractivity contribution in [3.8, 4) is 5.75 Å². The van der Waals surface area contributed by atoms with Crippen LogP contribution in [0.1, 0.15) is 16.8 Å². The fraction of sp³-hybridized carbons (Fsp3) is 0.160. The van der Waals surface area contributed by atoms with E-state index >= 15 is 0 Å². The maximum atomic E-state index is 12.5. The van der Waals surface area contributed by atoms with Gasteiger partial charge in [0.2, 0.25) is 5.91 Å². The molecule has 4 aromatic rings. The molecule has 2 aromatic heterocycles. The zero-order valence-corrected chi connectivity index (χ0v) is 18.9. The Balaban J connectivity index is 1.35. The van der Waals surface area contributed by atoms with Gasteiger partial charge in [0.05, 0.1) is 18.8 Å². The van der Waals surface area contributed by atoms with Crippen LogP contribution in [-0.4, -0.2) is 32.1 Å². The minimum absolute atomic E-state index is 0.269. The van der Waals surface area contributed by atoms with Crippen LogP contribution in [0.25, 0.3) is 6.08 Å². The summed E-state index contributed by atoms with van der Waals surface area (Å²) in [5.41, 5.74) is 3.22. The molecule has 0 aliphatic carbocycles. The van der Waals surface area contributed by atoms with Gasteiger partial charge in [-0.1, -0.05) is 48.0 Å². The van der Waals surface area contributed by atoms with E-state index in [-0.39, 0.29) is 5.91 Å². The Bertz CT molecular complexity index is 1230. The third-order valence-electron chi connectivity index (χ3n) is 4.94. The molecule has 7 nitrogen and oxygen atoms in total. The largest absolute Gasteiger partial charge is 0.492 e. The lowest BCUT2D eigenvalue weighted by Crippen LogP contribution is -2.10. The van der Waals surface area contributed by atoms with Crippen molar-refractivity contribution in [3.05, 3.63) is 101 Å². The molecule has 0 spiro atoms. The fourth-order valence-electron chi connectivity index (χ4n) is 3.31. The molecule has 0 bridgehead atoms. The predicted molar refractivity (Wildman–Crippen MR) is 129 cm³/mol. The monoisotopic (exact) mass is 461 g/mol. The van der Waals surface area contributed by atoms with Crippen LogP contribution >= 0.6 is 11.6 Å². The van der Waals surface area contributed by atoms with Crippen LogP contribution in [0, 0.1) is 6.92 Å². The highest BCUT2D eigenvalue weighted by Gasteiger charge is 2.12. The number of anilines is 1. The summed E-state index contributed by atoms with van der Waals surface area (Å²) in [4.78, 5) is 12.5. The number of nitrogens with one attached hydrogen (secondary N) is 1. The third kappa shape index (κ3) is 6.11. The normalized spacial score (nSPS) is 11.1. The number of halogens is 1. The molecule has 0 unspecified atom stereocenters. The Kier molecular flexibility index (Phi) is 7.22. The molecule has 2 heterocycles. The van der Waals surface area contributed by atoms with E-state index in [4.69, 9.17) is 16.3 Å². The van der Waals surface area contributed by atoms with E-state index in [0.717, 1.165) is 16.8 Å². The molecule has 0 saturated carbocycles. The molecule has 33 heavy (non-hydrogen) atoms. The van der Waals surface area contributed by atoms with E-state index in [0.29, 0.717) is 36.3 Å². The quantitative estimate of drug-likeness (QED) is 0.362. The van der Waals surface area contributed by atoms with E-state index in [9.17, 15) is 4.79 Å². The SMILES string of the molecule is Cc1nn(Cc2ccccc2)c(Cl)c1C=CC(=O)Nc1cccc(OCCn2cccn2)c1. The van der Waals surface area contributed by atoms with E-state index in [1.54, 1.807) is 27.7 Å². The summed E-state index contributed by atoms with van der Waals surface area (Å²) >= 11 is 6.52. The van der Waals surface area contributed by atoms with Gasteiger partial charge in [-0.15, -0.1) is 0 Å². The lowest BCUT2D eigenvalue weighted by Gasteiger charge is -2.08. The first-order chi connectivity index (χ1) is 16.1. The number of hydrogen-bond acceptors (Lipinski definition) is 4. The van der Waals surface area contributed by atoms with Crippen LogP contribution in [0.15, 0.2) is 79.1 Å². The molecule has 0 fully saturated rings. The second-order valence-electron chi connectivity index (χ2n) is 7.40. The van der Waals surface area contributed by atoms with Gasteiger partial charge in [-0.3, -0.25) is 9.48 Å². The van der Waals surface area contributed by atoms with E-state index in [1.807, 2.05) is 67.7 Å². The summed E-state index contributed by atoms with van der Waals surface area (Å²) in [5.74, 6) is 0.403. The van der Waals surface area contributed by atoms with Crippen molar-refractivity contribution in [1.29, 1.82) is 0 Å². The first-order valence-electron chi connectivity index (χ1n) is 10.5. The molecule has 4 rings (SSSR count). The lowest BCUT2D eigenvalue weighted by molar-refractivity contribution is -0.111. The number of benzene rings is 2. The van der Waals surface area contributed by atoms with Crippen molar-refractivity contribution in [3.63, 3.8) is 0 Å². The van der Waals surface area contributed by atoms with Crippen molar-refractivity contribution < 1.29 is 9.53 Å². The molecular formula is C25H24ClN5O2. The van der Waals surface area contributed by atoms with Gasteiger partial charge in [0, 0.05) is 35.8 Å². The number of carbonyl (C=O) groups excluding carboxylic acids is 1. The third-order valence-corrected chi connectivity index (χ3v) is 5.33. The van der Waals surface area contributed by atoms with Crippen LogP contribution < -0.4 is 10.1 Å². The lowest BCUT2D eigenvalue weighted by atomic mass is 10.2. The average molecular weight is 462 g/mol. The van der Waals surface area contributed by atoms with Crippen molar-refractivity contribution in [1.82, 2.24) is 19.6 Å². The second-order valence-corrected chi connectivity index (χ2v) is 7.76. The fourth-order valence-corrected chi connectivity index (χ4v) is 3.61. The van der Waals surface area contributed by atoms with Crippen molar-refractivity contribution in [2.75, 3.05) is 11.9 Å². The van der Waals surface area contributed by atoms with Gasteiger partial charge in [0.1, 0.15) is 17.5 Å². The van der Waals surface area contributed by atoms with Crippen molar-refractivity contribution in [2.45, 2.75) is 20.0 Å². The van der Waals surface area contributed by atoms with Crippen molar-refractivity contribution in [2.24, 2.45) is 0 Å². The van der Waals surface area contributed by atoms with Gasteiger partial charge in [-0.25, -0.2) is 4.68 Å². The first kappa shape index (κ1) is 22.4. The van der Waals surface area contributed by atoms with Gasteiger partial charge in [-0.05, 0) is 36.8 Å². The summed E-state index contributed by atoms with van der Waals surface area (Å²) in [6.07, 6.45) is 6.75. The molecule has 0 saturated heterocycles. The van der Waals surface area contributed by atoms with Gasteiger partial charge in [-0.2, -0.15) is 10.2 Å². The van der Waals surface area contributed by atoms with Gasteiger partial charge >= 0.3 is 0 Å². The molecule has 0 aliphatic rings. The van der Waals surface area contributed by atoms with E-state index < -0.39 is 0 Å². The molecule has 0 atom stereocenters. The Morgan fingerprint density at radius 2 is 2.00 bits per heavy atom. The minimum Gasteiger partial charge on any atom is -0.492 e. The molecule has 168 valence electrons. The maximum Gasteiger partial charge on any atom is 0.248 e. The zero-order chi connectivity index (χ0) is 23.0. The summed E-state index contributed by atoms with van der Waals surface area (Å²) < 4.78 is 9.28. The number of aryl methyl sites for hydroxylation is 1. The molecule has 2 aromatic carbocycles. The number of carbonyl (C=O) groups is 1. The minimum atomic E-state index is -0.269. The maximum absolute atomic E-state index is 12.5. The number of ether oxygens (including phenoxy) is 1. The number of hydrogen-bond donors (Lipinski definition) is 1. The smallest absolute Gasteiger partial charge is 0.248 e. The van der Waals surface area contributed by atoms with Gasteiger partial charge in [0.15, 0.2) is 0 Å². The van der Waals surface area contributed by atoms with E-state index in [2.05, 4.69) is 15.5 Å². The van der Waals surface area contributed by atoms with Gasteiger partial charge < -0.3 is 10.1 Å². The molecule has 0 aliphatic heterocycles. The first-order valence-corrected chi connectivity index (χ1v) is 10.9. The van der Waals surface area contributed by atoms with Gasteiger partial charge in [0.25, 0.3) is 0 Å². The highest BCUT2D eigenvalue weighted by atomic mass is 35.5. The molecule has 0 radical (unpaired) electrons. The highest BCUT2D eigenvalue weighted by Crippen LogP contribution is 2.23. The van der Waals surface area contributed by atoms with Crippen molar-refractivity contribution >= 4 is 29.3 Å². The summed E-state index contributed by atoms with van der Waals surface area (Å²) in [6.45, 7) is 3.55. The number of rotatable bonds is 9. The van der Waals surface area contributed by atoms with Crippen LogP contribution in [0.4, 0.5) is 5.69 Å². The summed E-state index contributed by atoms with van der Waals surface area (Å²) in [5, 5.41) is 12.0.